The number of hydrogen-bond acceptors (Lipinski definition) is 5. The van der Waals surface area contributed by atoms with E-state index in [1.165, 1.54) is 5.56 Å². The molecule has 0 bridgehead atoms. The maximum absolute atomic E-state index is 6.06. The highest BCUT2D eigenvalue weighted by Crippen LogP contribution is 2.23. The summed E-state index contributed by atoms with van der Waals surface area (Å²) in [6.07, 6.45) is 3.96. The van der Waals surface area contributed by atoms with E-state index in [2.05, 4.69) is 57.6 Å². The fourth-order valence-electron chi connectivity index (χ4n) is 2.62. The van der Waals surface area contributed by atoms with Crippen LogP contribution in [0.3, 0.4) is 0 Å². The van der Waals surface area contributed by atoms with Gasteiger partial charge in [-0.2, -0.15) is 0 Å². The first kappa shape index (κ1) is 16.8. The van der Waals surface area contributed by atoms with Crippen molar-refractivity contribution in [3.05, 3.63) is 42.2 Å². The summed E-state index contributed by atoms with van der Waals surface area (Å²) in [5.41, 5.74) is 8.95. The maximum atomic E-state index is 6.06. The number of rotatable bonds is 7. The lowest BCUT2D eigenvalue weighted by molar-refractivity contribution is 0.529. The van der Waals surface area contributed by atoms with Crippen LogP contribution in [0.25, 0.3) is 11.2 Å². The Hall–Kier alpha value is -2.08. The Morgan fingerprint density at radius 1 is 1.17 bits per heavy atom. The van der Waals surface area contributed by atoms with Gasteiger partial charge in [0, 0.05) is 12.3 Å². The van der Waals surface area contributed by atoms with Crippen molar-refractivity contribution >= 4 is 28.7 Å². The zero-order valence-corrected chi connectivity index (χ0v) is 15.0. The highest BCUT2D eigenvalue weighted by atomic mass is 32.2. The van der Waals surface area contributed by atoms with Gasteiger partial charge in [-0.25, -0.2) is 15.0 Å². The number of anilines is 1. The van der Waals surface area contributed by atoms with Crippen molar-refractivity contribution in [2.75, 3.05) is 11.5 Å². The van der Waals surface area contributed by atoms with E-state index in [1.54, 1.807) is 18.1 Å². The van der Waals surface area contributed by atoms with Crippen LogP contribution in [0.2, 0.25) is 0 Å². The fraction of sp³-hybridized carbons (Fsp3) is 0.389. The van der Waals surface area contributed by atoms with E-state index < -0.39 is 0 Å². The fourth-order valence-corrected chi connectivity index (χ4v) is 3.41. The molecule has 0 aliphatic carbocycles. The Morgan fingerprint density at radius 2 is 1.96 bits per heavy atom. The molecule has 6 heteroatoms. The first-order chi connectivity index (χ1) is 11.6. The third-order valence-corrected chi connectivity index (χ3v) is 4.65. The van der Waals surface area contributed by atoms with Gasteiger partial charge < -0.3 is 10.3 Å². The van der Waals surface area contributed by atoms with Crippen molar-refractivity contribution in [2.45, 2.75) is 38.4 Å². The molecule has 0 aliphatic rings. The van der Waals surface area contributed by atoms with Gasteiger partial charge in [-0.1, -0.05) is 55.9 Å². The van der Waals surface area contributed by atoms with Crippen LogP contribution in [0, 0.1) is 5.92 Å². The highest BCUT2D eigenvalue weighted by molar-refractivity contribution is 7.99. The molecule has 3 rings (SSSR count). The molecule has 0 radical (unpaired) electrons. The average molecular weight is 341 g/mol. The van der Waals surface area contributed by atoms with Gasteiger partial charge in [0.15, 0.2) is 16.6 Å². The van der Waals surface area contributed by atoms with Gasteiger partial charge in [0.05, 0.1) is 6.33 Å². The summed E-state index contributed by atoms with van der Waals surface area (Å²) >= 11 is 1.66. The third kappa shape index (κ3) is 4.06. The Morgan fingerprint density at radius 3 is 2.71 bits per heavy atom. The van der Waals surface area contributed by atoms with Gasteiger partial charge in [-0.05, 0) is 24.3 Å². The zero-order chi connectivity index (χ0) is 16.9. The minimum absolute atomic E-state index is 0.466. The van der Waals surface area contributed by atoms with Crippen molar-refractivity contribution in [3.63, 3.8) is 0 Å². The summed E-state index contributed by atoms with van der Waals surface area (Å²) in [6, 6.07) is 10.5. The monoisotopic (exact) mass is 341 g/mol. The number of fused-ring (bicyclic) bond motifs is 1. The molecule has 24 heavy (non-hydrogen) atoms. The molecule has 0 spiro atoms. The lowest BCUT2D eigenvalue weighted by Gasteiger charge is -2.08. The Labute approximate surface area is 146 Å². The second kappa shape index (κ2) is 7.66. The number of thioether (sulfide) groups is 1. The molecule has 0 atom stereocenters. The molecule has 1 aromatic carbocycles. The summed E-state index contributed by atoms with van der Waals surface area (Å²) in [6.45, 7) is 5.23. The van der Waals surface area contributed by atoms with E-state index >= 15 is 0 Å². The molecule has 5 nitrogen and oxygen atoms in total. The quantitative estimate of drug-likeness (QED) is 0.402. The van der Waals surface area contributed by atoms with Gasteiger partial charge in [0.25, 0.3) is 0 Å². The van der Waals surface area contributed by atoms with E-state index in [-0.39, 0.29) is 0 Å². The number of nitrogens with two attached hydrogens (primary N) is 1. The molecular weight excluding hydrogens is 318 g/mol. The molecule has 0 amide bonds. The number of nitrogens with zero attached hydrogens (tertiary/aromatic N) is 4. The highest BCUT2D eigenvalue weighted by Gasteiger charge is 2.12. The molecule has 3 aromatic rings. The van der Waals surface area contributed by atoms with Crippen LogP contribution in [0.1, 0.15) is 25.8 Å². The molecule has 2 heterocycles. The maximum Gasteiger partial charge on any atom is 0.191 e. The Bertz CT molecular complexity index is 798. The van der Waals surface area contributed by atoms with Gasteiger partial charge in [-0.3, -0.25) is 0 Å². The second-order valence-corrected chi connectivity index (χ2v) is 7.35. The van der Waals surface area contributed by atoms with Crippen molar-refractivity contribution in [1.82, 2.24) is 19.5 Å². The van der Waals surface area contributed by atoms with Crippen LogP contribution in [0.4, 0.5) is 5.82 Å². The lowest BCUT2D eigenvalue weighted by Crippen LogP contribution is -2.05. The van der Waals surface area contributed by atoms with Gasteiger partial charge in [-0.15, -0.1) is 0 Å². The minimum Gasteiger partial charge on any atom is -0.382 e. The molecule has 0 saturated heterocycles. The molecule has 0 fully saturated rings. The van der Waals surface area contributed by atoms with Crippen molar-refractivity contribution < 1.29 is 0 Å². The average Bonchev–Trinajstić information content (AvgIpc) is 2.95. The predicted molar refractivity (Wildman–Crippen MR) is 100 cm³/mol. The third-order valence-electron chi connectivity index (χ3n) is 3.72. The van der Waals surface area contributed by atoms with E-state index in [0.29, 0.717) is 17.3 Å². The van der Waals surface area contributed by atoms with Crippen LogP contribution < -0.4 is 5.73 Å². The van der Waals surface area contributed by atoms with Crippen LogP contribution in [-0.2, 0) is 13.0 Å². The summed E-state index contributed by atoms with van der Waals surface area (Å²) in [5.74, 6) is 1.96. The number of imidazole rings is 1. The summed E-state index contributed by atoms with van der Waals surface area (Å²) in [4.78, 5) is 13.4. The molecule has 2 N–H and O–H groups in total. The first-order valence-corrected chi connectivity index (χ1v) is 9.27. The van der Waals surface area contributed by atoms with E-state index in [1.807, 2.05) is 6.07 Å². The second-order valence-electron chi connectivity index (χ2n) is 6.29. The van der Waals surface area contributed by atoms with Crippen molar-refractivity contribution in [3.8, 4) is 0 Å². The summed E-state index contributed by atoms with van der Waals surface area (Å²) < 4.78 is 2.06. The SMILES string of the molecule is CC(C)Cn1cnc2c(N)nc(SCCCc3ccccc3)nc21. The largest absolute Gasteiger partial charge is 0.382 e. The normalized spacial score (nSPS) is 11.5. The summed E-state index contributed by atoms with van der Waals surface area (Å²) in [5, 5.41) is 0.735. The van der Waals surface area contributed by atoms with Gasteiger partial charge in [0.1, 0.15) is 5.52 Å². The predicted octanol–water partition coefficient (Wildman–Crippen LogP) is 3.79. The van der Waals surface area contributed by atoms with Crippen molar-refractivity contribution in [2.24, 2.45) is 5.92 Å². The molecule has 0 saturated carbocycles. The van der Waals surface area contributed by atoms with Crippen LogP contribution >= 0.6 is 11.8 Å². The standard InChI is InChI=1S/C18H23N5S/c1-13(2)11-23-12-20-15-16(19)21-18(22-17(15)23)24-10-6-9-14-7-4-3-5-8-14/h3-5,7-8,12-13H,6,9-11H2,1-2H3,(H2,19,21,22). The lowest BCUT2D eigenvalue weighted by atomic mass is 10.1. The molecule has 2 aromatic heterocycles. The number of aryl methyl sites for hydroxylation is 1. The molecule has 0 aliphatic heterocycles. The van der Waals surface area contributed by atoms with E-state index in [4.69, 9.17) is 5.73 Å². The van der Waals surface area contributed by atoms with Crippen molar-refractivity contribution in [1.29, 1.82) is 0 Å². The molecule has 126 valence electrons. The zero-order valence-electron chi connectivity index (χ0n) is 14.1. The number of nitrogen functional groups attached to an aromatic ring is 1. The summed E-state index contributed by atoms with van der Waals surface area (Å²) in [7, 11) is 0. The van der Waals surface area contributed by atoms with Gasteiger partial charge >= 0.3 is 0 Å². The Kier molecular flexibility index (Phi) is 5.35. The number of hydrogen-bond donors (Lipinski definition) is 1. The smallest absolute Gasteiger partial charge is 0.191 e. The van der Waals surface area contributed by atoms with Crippen LogP contribution in [-0.4, -0.2) is 25.3 Å². The molecule has 0 unspecified atom stereocenters. The minimum atomic E-state index is 0.466. The molecular formula is C18H23N5S. The Balaban J connectivity index is 1.66. The van der Waals surface area contributed by atoms with Gasteiger partial charge in [0.2, 0.25) is 0 Å². The van der Waals surface area contributed by atoms with E-state index in [0.717, 1.165) is 35.9 Å². The number of aromatic nitrogens is 4. The first-order valence-electron chi connectivity index (χ1n) is 8.28. The topological polar surface area (TPSA) is 69.6 Å². The van der Waals surface area contributed by atoms with Crippen LogP contribution in [0.5, 0.6) is 0 Å². The van der Waals surface area contributed by atoms with Crippen LogP contribution in [0.15, 0.2) is 41.8 Å². The number of benzene rings is 1. The van der Waals surface area contributed by atoms with E-state index in [9.17, 15) is 0 Å².